The number of carbonyl (C=O) groups is 1. The number of phenolic OH excluding ortho intramolecular Hbond substituents is 1. The lowest BCUT2D eigenvalue weighted by Gasteiger charge is -2.03. The summed E-state index contributed by atoms with van der Waals surface area (Å²) in [5.41, 5.74) is 1.40. The topological polar surface area (TPSA) is 70.9 Å². The zero-order valence-electron chi connectivity index (χ0n) is 12.3. The fraction of sp³-hybridized carbons (Fsp3) is 0.0588. The normalized spacial score (nSPS) is 17.5. The van der Waals surface area contributed by atoms with Gasteiger partial charge in [0, 0.05) is 11.6 Å². The molecule has 2 N–H and O–H groups in total. The van der Waals surface area contributed by atoms with Gasteiger partial charge in [-0.05, 0) is 36.0 Å². The molecule has 0 saturated carbocycles. The molecule has 1 aliphatic heterocycles. The summed E-state index contributed by atoms with van der Waals surface area (Å²) in [6.07, 6.45) is 1.77. The summed E-state index contributed by atoms with van der Waals surface area (Å²) in [7, 11) is 1.59. The summed E-state index contributed by atoms with van der Waals surface area (Å²) in [5.74, 6) is 0.623. The van der Waals surface area contributed by atoms with Crippen LogP contribution in [0.5, 0.6) is 11.5 Å². The first-order valence-electron chi connectivity index (χ1n) is 6.87. The number of benzene rings is 2. The minimum Gasteiger partial charge on any atom is -0.508 e. The Morgan fingerprint density at radius 2 is 2.04 bits per heavy atom. The fourth-order valence-corrected chi connectivity index (χ4v) is 2.92. The molecule has 3 rings (SSSR count). The van der Waals surface area contributed by atoms with E-state index in [1.165, 1.54) is 17.8 Å². The number of ether oxygens (including phenoxy) is 1. The van der Waals surface area contributed by atoms with Crippen LogP contribution < -0.4 is 10.1 Å². The Kier molecular flexibility index (Phi) is 4.34. The average molecular weight is 326 g/mol. The summed E-state index contributed by atoms with van der Waals surface area (Å²) >= 11 is 1.25. The Hall–Kier alpha value is -2.73. The van der Waals surface area contributed by atoms with Crippen molar-refractivity contribution in [2.75, 3.05) is 7.11 Å². The molecule has 6 heteroatoms. The molecule has 1 saturated heterocycles. The number of nitrogens with one attached hydrogen (secondary N) is 1. The first-order chi connectivity index (χ1) is 11.2. The van der Waals surface area contributed by atoms with Gasteiger partial charge in [0.2, 0.25) is 0 Å². The number of carbonyl (C=O) groups excluding carboxylic acids is 1. The van der Waals surface area contributed by atoms with E-state index in [9.17, 15) is 9.90 Å². The van der Waals surface area contributed by atoms with Crippen molar-refractivity contribution >= 4 is 34.6 Å². The molecule has 0 atom stereocenters. The maximum absolute atomic E-state index is 12.1. The first kappa shape index (κ1) is 15.2. The predicted molar refractivity (Wildman–Crippen MR) is 91.9 cm³/mol. The number of phenols is 1. The van der Waals surface area contributed by atoms with Crippen molar-refractivity contribution in [1.82, 2.24) is 5.32 Å². The van der Waals surface area contributed by atoms with Gasteiger partial charge in [-0.15, -0.1) is 0 Å². The van der Waals surface area contributed by atoms with Crippen molar-refractivity contribution in [2.24, 2.45) is 4.99 Å². The van der Waals surface area contributed by atoms with Gasteiger partial charge in [-0.25, -0.2) is 4.99 Å². The zero-order chi connectivity index (χ0) is 16.2. The summed E-state index contributed by atoms with van der Waals surface area (Å²) in [5, 5.41) is 12.6. The van der Waals surface area contributed by atoms with Crippen LogP contribution in [-0.2, 0) is 4.79 Å². The quantitative estimate of drug-likeness (QED) is 0.849. The molecule has 1 amide bonds. The molecule has 5 nitrogen and oxygen atoms in total. The Balaban J connectivity index is 1.86. The second kappa shape index (κ2) is 6.58. The van der Waals surface area contributed by atoms with Gasteiger partial charge in [-0.1, -0.05) is 24.3 Å². The Morgan fingerprint density at radius 3 is 2.83 bits per heavy atom. The molecule has 0 bridgehead atoms. The highest BCUT2D eigenvalue weighted by Gasteiger charge is 2.24. The molecule has 1 heterocycles. The van der Waals surface area contributed by atoms with Crippen LogP contribution in [0.4, 0.5) is 5.69 Å². The minimum absolute atomic E-state index is 0.131. The number of hydrogen-bond donors (Lipinski definition) is 2. The van der Waals surface area contributed by atoms with Crippen molar-refractivity contribution in [3.8, 4) is 11.5 Å². The van der Waals surface area contributed by atoms with Crippen LogP contribution >= 0.6 is 11.8 Å². The third-order valence-electron chi connectivity index (χ3n) is 3.14. The van der Waals surface area contributed by atoms with Crippen LogP contribution in [-0.4, -0.2) is 23.3 Å². The maximum Gasteiger partial charge on any atom is 0.264 e. The van der Waals surface area contributed by atoms with Crippen molar-refractivity contribution in [3.05, 3.63) is 59.0 Å². The number of amides is 1. The summed E-state index contributed by atoms with van der Waals surface area (Å²) in [6, 6.07) is 14.0. The maximum atomic E-state index is 12.1. The van der Waals surface area contributed by atoms with E-state index in [0.717, 1.165) is 5.56 Å². The monoisotopic (exact) mass is 326 g/mol. The molecule has 1 fully saturated rings. The van der Waals surface area contributed by atoms with Gasteiger partial charge in [-0.3, -0.25) is 4.79 Å². The van der Waals surface area contributed by atoms with E-state index in [2.05, 4.69) is 10.3 Å². The van der Waals surface area contributed by atoms with E-state index in [1.807, 2.05) is 24.3 Å². The number of rotatable bonds is 3. The van der Waals surface area contributed by atoms with Gasteiger partial charge < -0.3 is 15.2 Å². The molecule has 2 aromatic carbocycles. The molecule has 2 aromatic rings. The zero-order valence-corrected chi connectivity index (χ0v) is 13.1. The van der Waals surface area contributed by atoms with Crippen molar-refractivity contribution in [3.63, 3.8) is 0 Å². The van der Waals surface area contributed by atoms with Gasteiger partial charge >= 0.3 is 0 Å². The first-order valence-corrected chi connectivity index (χ1v) is 7.69. The molecule has 23 heavy (non-hydrogen) atoms. The Bertz CT molecular complexity index is 815. The second-order valence-electron chi connectivity index (χ2n) is 4.74. The van der Waals surface area contributed by atoms with E-state index in [-0.39, 0.29) is 11.7 Å². The molecule has 116 valence electrons. The number of aromatic hydroxyl groups is 1. The highest BCUT2D eigenvalue weighted by molar-refractivity contribution is 8.18. The number of methoxy groups -OCH3 is 1. The number of hydrogen-bond acceptors (Lipinski definition) is 5. The number of aliphatic imine (C=N–C) groups is 1. The summed E-state index contributed by atoms with van der Waals surface area (Å²) in [6.45, 7) is 0. The second-order valence-corrected chi connectivity index (χ2v) is 5.77. The molecular formula is C17H14N2O3S. The van der Waals surface area contributed by atoms with Crippen molar-refractivity contribution in [2.45, 2.75) is 0 Å². The molecule has 0 spiro atoms. The molecule has 0 radical (unpaired) electrons. The van der Waals surface area contributed by atoms with E-state index >= 15 is 0 Å². The van der Waals surface area contributed by atoms with Gasteiger partial charge in [0.1, 0.15) is 11.5 Å². The molecule has 0 aromatic heterocycles. The predicted octanol–water partition coefficient (Wildman–Crippen LogP) is 3.29. The summed E-state index contributed by atoms with van der Waals surface area (Å²) in [4.78, 5) is 16.9. The minimum atomic E-state index is -0.209. The lowest BCUT2D eigenvalue weighted by molar-refractivity contribution is -0.115. The summed E-state index contributed by atoms with van der Waals surface area (Å²) < 4.78 is 5.28. The number of amidine groups is 1. The van der Waals surface area contributed by atoms with Gasteiger partial charge in [-0.2, -0.15) is 0 Å². The highest BCUT2D eigenvalue weighted by atomic mass is 32.2. The average Bonchev–Trinajstić information content (AvgIpc) is 2.87. The van der Waals surface area contributed by atoms with Crippen LogP contribution in [0.1, 0.15) is 5.56 Å². The third kappa shape index (κ3) is 3.54. The largest absolute Gasteiger partial charge is 0.508 e. The smallest absolute Gasteiger partial charge is 0.264 e. The highest BCUT2D eigenvalue weighted by Crippen LogP contribution is 2.30. The fourth-order valence-electron chi connectivity index (χ4n) is 2.09. The molecular weight excluding hydrogens is 312 g/mol. The van der Waals surface area contributed by atoms with E-state index in [1.54, 1.807) is 31.4 Å². The number of thioether (sulfide) groups is 1. The molecule has 1 aliphatic rings. The Labute approximate surface area is 137 Å². The van der Waals surface area contributed by atoms with Crippen LogP contribution in [0.3, 0.4) is 0 Å². The SMILES string of the molecule is COc1ccccc1/C=C1/SC(=Nc2cccc(O)c2)NC1=O. The van der Waals surface area contributed by atoms with E-state index in [4.69, 9.17) is 4.74 Å². The van der Waals surface area contributed by atoms with Gasteiger partial charge in [0.15, 0.2) is 5.17 Å². The van der Waals surface area contributed by atoms with Gasteiger partial charge in [0.05, 0.1) is 17.7 Å². The lowest BCUT2D eigenvalue weighted by atomic mass is 10.2. The van der Waals surface area contributed by atoms with Gasteiger partial charge in [0.25, 0.3) is 5.91 Å². The Morgan fingerprint density at radius 1 is 1.22 bits per heavy atom. The van der Waals surface area contributed by atoms with E-state index in [0.29, 0.717) is 21.5 Å². The molecule has 0 aliphatic carbocycles. The van der Waals surface area contributed by atoms with Crippen molar-refractivity contribution in [1.29, 1.82) is 0 Å². The van der Waals surface area contributed by atoms with Crippen LogP contribution in [0.15, 0.2) is 58.4 Å². The standard InChI is InChI=1S/C17H14N2O3S/c1-22-14-8-3-2-5-11(14)9-15-16(21)19-17(23-15)18-12-6-4-7-13(20)10-12/h2-10,20H,1H3,(H,18,19,21)/b15-9+. The third-order valence-corrected chi connectivity index (χ3v) is 4.05. The van der Waals surface area contributed by atoms with Crippen molar-refractivity contribution < 1.29 is 14.6 Å². The molecule has 0 unspecified atom stereocenters. The van der Waals surface area contributed by atoms with Crippen LogP contribution in [0, 0.1) is 0 Å². The van der Waals surface area contributed by atoms with Crippen LogP contribution in [0.2, 0.25) is 0 Å². The lowest BCUT2D eigenvalue weighted by Crippen LogP contribution is -2.19. The number of nitrogens with zero attached hydrogens (tertiary/aromatic N) is 1. The number of para-hydroxylation sites is 1. The van der Waals surface area contributed by atoms with E-state index < -0.39 is 0 Å². The van der Waals surface area contributed by atoms with Crippen LogP contribution in [0.25, 0.3) is 6.08 Å².